The maximum absolute atomic E-state index is 12.1. The SMILES string of the molecule is CCOC(=O)C1(C(=O)OCC)CC2=C(CNC2)C1. The third-order valence-corrected chi connectivity index (χ3v) is 3.54. The maximum atomic E-state index is 12.1. The zero-order valence-corrected chi connectivity index (χ0v) is 10.9. The Bertz CT molecular complexity index is 364. The molecule has 0 aromatic carbocycles. The van der Waals surface area contributed by atoms with Crippen molar-refractivity contribution >= 4 is 11.9 Å². The number of carbonyl (C=O) groups is 2. The highest BCUT2D eigenvalue weighted by atomic mass is 16.6. The Morgan fingerprint density at radius 2 is 1.50 bits per heavy atom. The van der Waals surface area contributed by atoms with Gasteiger partial charge in [0.05, 0.1) is 13.2 Å². The highest BCUT2D eigenvalue weighted by Gasteiger charge is 2.54. The number of rotatable bonds is 4. The predicted octanol–water partition coefficient (Wildman–Crippen LogP) is 0.793. The summed E-state index contributed by atoms with van der Waals surface area (Å²) in [6.07, 6.45) is 0.875. The smallest absolute Gasteiger partial charge is 0.324 e. The van der Waals surface area contributed by atoms with E-state index in [1.807, 2.05) is 0 Å². The van der Waals surface area contributed by atoms with Gasteiger partial charge in [-0.05, 0) is 26.7 Å². The molecule has 5 heteroatoms. The number of hydrogen-bond donors (Lipinski definition) is 1. The minimum atomic E-state index is -1.13. The third kappa shape index (κ3) is 2.03. The van der Waals surface area contributed by atoms with Crippen LogP contribution in [0.1, 0.15) is 26.7 Å². The monoisotopic (exact) mass is 253 g/mol. The topological polar surface area (TPSA) is 64.6 Å². The van der Waals surface area contributed by atoms with Crippen LogP contribution >= 0.6 is 0 Å². The molecule has 0 saturated carbocycles. The number of hydrogen-bond acceptors (Lipinski definition) is 5. The van der Waals surface area contributed by atoms with Crippen molar-refractivity contribution in [3.63, 3.8) is 0 Å². The first-order valence-corrected chi connectivity index (χ1v) is 6.39. The Kier molecular flexibility index (Phi) is 3.71. The van der Waals surface area contributed by atoms with Gasteiger partial charge in [0.1, 0.15) is 0 Å². The summed E-state index contributed by atoms with van der Waals surface area (Å²) in [5.41, 5.74) is 1.20. The fourth-order valence-electron chi connectivity index (χ4n) is 2.69. The largest absolute Gasteiger partial charge is 0.465 e. The summed E-state index contributed by atoms with van der Waals surface area (Å²) in [6, 6.07) is 0. The number of ether oxygens (including phenoxy) is 2. The summed E-state index contributed by atoms with van der Waals surface area (Å²) < 4.78 is 10.2. The molecule has 0 atom stereocenters. The van der Waals surface area contributed by atoms with Crippen LogP contribution in [0.15, 0.2) is 11.1 Å². The van der Waals surface area contributed by atoms with Gasteiger partial charge in [0.2, 0.25) is 0 Å². The normalized spacial score (nSPS) is 20.8. The average Bonchev–Trinajstić information content (AvgIpc) is 2.87. The van der Waals surface area contributed by atoms with Gasteiger partial charge in [0.15, 0.2) is 5.41 Å². The van der Waals surface area contributed by atoms with E-state index >= 15 is 0 Å². The molecule has 0 saturated heterocycles. The van der Waals surface area contributed by atoms with Gasteiger partial charge < -0.3 is 14.8 Å². The minimum Gasteiger partial charge on any atom is -0.465 e. The highest BCUT2D eigenvalue weighted by molar-refractivity contribution is 6.01. The van der Waals surface area contributed by atoms with Crippen LogP contribution in [-0.2, 0) is 19.1 Å². The lowest BCUT2D eigenvalue weighted by atomic mass is 9.83. The van der Waals surface area contributed by atoms with E-state index < -0.39 is 17.4 Å². The molecule has 1 heterocycles. The minimum absolute atomic E-state index is 0.281. The van der Waals surface area contributed by atoms with E-state index in [9.17, 15) is 9.59 Å². The summed E-state index contributed by atoms with van der Waals surface area (Å²) in [5.74, 6) is -0.893. The second kappa shape index (κ2) is 5.10. The molecular weight excluding hydrogens is 234 g/mol. The first-order valence-electron chi connectivity index (χ1n) is 6.39. The molecule has 100 valence electrons. The highest BCUT2D eigenvalue weighted by Crippen LogP contribution is 2.45. The Balaban J connectivity index is 2.20. The van der Waals surface area contributed by atoms with Crippen LogP contribution in [0.3, 0.4) is 0 Å². The van der Waals surface area contributed by atoms with E-state index in [2.05, 4.69) is 5.32 Å². The average molecular weight is 253 g/mol. The molecule has 1 aliphatic carbocycles. The maximum Gasteiger partial charge on any atom is 0.324 e. The molecule has 18 heavy (non-hydrogen) atoms. The lowest BCUT2D eigenvalue weighted by molar-refractivity contribution is -0.171. The first kappa shape index (κ1) is 13.1. The standard InChI is InChI=1S/C13H19NO4/c1-3-17-11(15)13(12(16)18-4-2)5-9-7-14-8-10(9)6-13/h14H,3-8H2,1-2H3. The lowest BCUT2D eigenvalue weighted by Gasteiger charge is -2.25. The summed E-state index contributed by atoms with van der Waals surface area (Å²) in [5, 5.41) is 3.23. The zero-order valence-electron chi connectivity index (χ0n) is 10.9. The van der Waals surface area contributed by atoms with E-state index in [0.717, 1.165) is 24.2 Å². The zero-order chi connectivity index (χ0) is 13.2. The molecule has 1 aliphatic heterocycles. The second-order valence-corrected chi connectivity index (χ2v) is 4.69. The first-order chi connectivity index (χ1) is 8.64. The van der Waals surface area contributed by atoms with E-state index in [1.165, 1.54) is 0 Å². The molecule has 0 aromatic heterocycles. The van der Waals surface area contributed by atoms with Crippen LogP contribution < -0.4 is 5.32 Å². The van der Waals surface area contributed by atoms with E-state index in [0.29, 0.717) is 12.8 Å². The summed E-state index contributed by atoms with van der Waals surface area (Å²) in [4.78, 5) is 24.3. The van der Waals surface area contributed by atoms with Crippen molar-refractivity contribution in [2.75, 3.05) is 26.3 Å². The Morgan fingerprint density at radius 1 is 1.06 bits per heavy atom. The van der Waals surface area contributed by atoms with Crippen molar-refractivity contribution in [2.24, 2.45) is 5.41 Å². The molecule has 0 radical (unpaired) electrons. The Morgan fingerprint density at radius 3 is 1.89 bits per heavy atom. The number of esters is 2. The lowest BCUT2D eigenvalue weighted by Crippen LogP contribution is -2.41. The van der Waals surface area contributed by atoms with Crippen molar-refractivity contribution < 1.29 is 19.1 Å². The third-order valence-electron chi connectivity index (χ3n) is 3.54. The Hall–Kier alpha value is -1.36. The molecule has 0 spiro atoms. The second-order valence-electron chi connectivity index (χ2n) is 4.69. The predicted molar refractivity (Wildman–Crippen MR) is 64.8 cm³/mol. The fraction of sp³-hybridized carbons (Fsp3) is 0.692. The van der Waals surface area contributed by atoms with Crippen molar-refractivity contribution in [1.29, 1.82) is 0 Å². The van der Waals surface area contributed by atoms with Gasteiger partial charge in [0.25, 0.3) is 0 Å². The van der Waals surface area contributed by atoms with Gasteiger partial charge in [0, 0.05) is 13.1 Å². The number of carbonyl (C=O) groups excluding carboxylic acids is 2. The molecule has 0 aromatic rings. The van der Waals surface area contributed by atoms with Crippen molar-refractivity contribution in [3.8, 4) is 0 Å². The van der Waals surface area contributed by atoms with Crippen LogP contribution in [0.25, 0.3) is 0 Å². The molecule has 0 fully saturated rings. The van der Waals surface area contributed by atoms with Crippen LogP contribution in [0, 0.1) is 5.41 Å². The molecule has 0 unspecified atom stereocenters. The quantitative estimate of drug-likeness (QED) is 0.456. The Labute approximate surface area is 107 Å². The molecular formula is C13H19NO4. The van der Waals surface area contributed by atoms with Crippen LogP contribution in [0.4, 0.5) is 0 Å². The molecule has 2 rings (SSSR count). The van der Waals surface area contributed by atoms with E-state index in [-0.39, 0.29) is 13.2 Å². The van der Waals surface area contributed by atoms with Crippen molar-refractivity contribution in [2.45, 2.75) is 26.7 Å². The van der Waals surface area contributed by atoms with Crippen molar-refractivity contribution in [3.05, 3.63) is 11.1 Å². The van der Waals surface area contributed by atoms with Gasteiger partial charge in [-0.15, -0.1) is 0 Å². The van der Waals surface area contributed by atoms with Gasteiger partial charge in [-0.1, -0.05) is 11.1 Å². The number of nitrogens with one attached hydrogen (secondary N) is 1. The van der Waals surface area contributed by atoms with E-state index in [1.54, 1.807) is 13.8 Å². The summed E-state index contributed by atoms with van der Waals surface area (Å²) in [6.45, 7) is 5.57. The van der Waals surface area contributed by atoms with Gasteiger partial charge >= 0.3 is 11.9 Å². The van der Waals surface area contributed by atoms with E-state index in [4.69, 9.17) is 9.47 Å². The molecule has 0 bridgehead atoms. The summed E-state index contributed by atoms with van der Waals surface area (Å²) >= 11 is 0. The van der Waals surface area contributed by atoms with Gasteiger partial charge in [-0.3, -0.25) is 9.59 Å². The summed E-state index contributed by atoms with van der Waals surface area (Å²) in [7, 11) is 0. The van der Waals surface area contributed by atoms with Crippen LogP contribution in [0.2, 0.25) is 0 Å². The molecule has 0 amide bonds. The van der Waals surface area contributed by atoms with Crippen LogP contribution in [-0.4, -0.2) is 38.2 Å². The molecule has 2 aliphatic rings. The molecule has 5 nitrogen and oxygen atoms in total. The van der Waals surface area contributed by atoms with Gasteiger partial charge in [-0.2, -0.15) is 0 Å². The van der Waals surface area contributed by atoms with Crippen molar-refractivity contribution in [1.82, 2.24) is 5.32 Å². The molecule has 1 N–H and O–H groups in total. The fourth-order valence-corrected chi connectivity index (χ4v) is 2.69. The van der Waals surface area contributed by atoms with Gasteiger partial charge in [-0.25, -0.2) is 0 Å². The van der Waals surface area contributed by atoms with Crippen LogP contribution in [0.5, 0.6) is 0 Å².